The van der Waals surface area contributed by atoms with E-state index in [9.17, 15) is 4.39 Å². The van der Waals surface area contributed by atoms with Gasteiger partial charge in [-0.3, -0.25) is 4.99 Å². The lowest BCUT2D eigenvalue weighted by Crippen LogP contribution is -2.12. The first-order chi connectivity index (χ1) is 8.06. The van der Waals surface area contributed by atoms with Gasteiger partial charge < -0.3 is 5.32 Å². The Hall–Kier alpha value is -1.03. The van der Waals surface area contributed by atoms with Crippen LogP contribution in [0.3, 0.4) is 0 Å². The van der Waals surface area contributed by atoms with Crippen molar-refractivity contribution >= 4 is 22.6 Å². The Morgan fingerprint density at radius 1 is 1.47 bits per heavy atom. The number of aryl methyl sites for hydroxylation is 1. The summed E-state index contributed by atoms with van der Waals surface area (Å²) in [5.41, 5.74) is 1.84. The van der Waals surface area contributed by atoms with Gasteiger partial charge in [-0.1, -0.05) is 25.6 Å². The molecule has 1 unspecified atom stereocenters. The molecule has 2 nitrogen and oxygen atoms in total. The lowest BCUT2D eigenvalue weighted by atomic mass is 10.1. The van der Waals surface area contributed by atoms with Crippen molar-refractivity contribution in [3.63, 3.8) is 0 Å². The molecule has 2 rings (SSSR count). The first-order valence-corrected chi connectivity index (χ1v) is 6.78. The average molecular weight is 252 g/mol. The van der Waals surface area contributed by atoms with Crippen molar-refractivity contribution in [2.24, 2.45) is 10.9 Å². The first-order valence-electron chi connectivity index (χ1n) is 5.80. The summed E-state index contributed by atoms with van der Waals surface area (Å²) < 4.78 is 13.0. The molecule has 1 aromatic rings. The molecule has 92 valence electrons. The number of thioether (sulfide) groups is 1. The number of hydrogen-bond acceptors (Lipinski definition) is 3. The molecular formula is C13H17FN2S. The standard InChI is InChI=1S/C13H17FN2S/c1-8(2)12-7-17-13(16-12)15-11-5-4-10(14)6-9(11)3/h4-6,8,12H,7H2,1-3H3,(H,15,16). The van der Waals surface area contributed by atoms with Crippen LogP contribution >= 0.6 is 11.8 Å². The van der Waals surface area contributed by atoms with Gasteiger partial charge >= 0.3 is 0 Å². The Morgan fingerprint density at radius 3 is 2.82 bits per heavy atom. The molecule has 1 aliphatic heterocycles. The zero-order chi connectivity index (χ0) is 12.4. The zero-order valence-corrected chi connectivity index (χ0v) is 11.1. The number of hydrogen-bond donors (Lipinski definition) is 1. The summed E-state index contributed by atoms with van der Waals surface area (Å²) in [5.74, 6) is 1.39. The number of nitrogens with zero attached hydrogens (tertiary/aromatic N) is 1. The normalized spacial score (nSPS) is 19.6. The molecule has 0 saturated heterocycles. The minimum Gasteiger partial charge on any atom is -0.335 e. The zero-order valence-electron chi connectivity index (χ0n) is 10.3. The number of rotatable bonds is 2. The van der Waals surface area contributed by atoms with E-state index in [4.69, 9.17) is 0 Å². The number of benzene rings is 1. The third-order valence-electron chi connectivity index (χ3n) is 2.87. The fraction of sp³-hybridized carbons (Fsp3) is 0.462. The molecular weight excluding hydrogens is 235 g/mol. The van der Waals surface area contributed by atoms with E-state index >= 15 is 0 Å². The van der Waals surface area contributed by atoms with Crippen molar-refractivity contribution in [3.05, 3.63) is 29.6 Å². The van der Waals surface area contributed by atoms with Gasteiger partial charge in [0, 0.05) is 11.4 Å². The van der Waals surface area contributed by atoms with Crippen LogP contribution in [0.1, 0.15) is 19.4 Å². The van der Waals surface area contributed by atoms with Gasteiger partial charge in [0.2, 0.25) is 0 Å². The van der Waals surface area contributed by atoms with Crippen LogP contribution in [0, 0.1) is 18.7 Å². The highest BCUT2D eigenvalue weighted by Crippen LogP contribution is 2.25. The van der Waals surface area contributed by atoms with E-state index in [2.05, 4.69) is 24.2 Å². The molecule has 4 heteroatoms. The van der Waals surface area contributed by atoms with Crippen LogP contribution in [0.5, 0.6) is 0 Å². The molecule has 0 aromatic heterocycles. The molecule has 1 N–H and O–H groups in total. The maximum Gasteiger partial charge on any atom is 0.161 e. The fourth-order valence-corrected chi connectivity index (χ4v) is 2.86. The van der Waals surface area contributed by atoms with E-state index in [1.54, 1.807) is 17.8 Å². The highest BCUT2D eigenvalue weighted by atomic mass is 32.2. The van der Waals surface area contributed by atoms with Gasteiger partial charge in [-0.15, -0.1) is 0 Å². The van der Waals surface area contributed by atoms with Crippen LogP contribution in [0.4, 0.5) is 10.1 Å². The van der Waals surface area contributed by atoms with Crippen LogP contribution < -0.4 is 5.32 Å². The second-order valence-corrected chi connectivity index (χ2v) is 5.65. The summed E-state index contributed by atoms with van der Waals surface area (Å²) in [6, 6.07) is 5.15. The monoisotopic (exact) mass is 252 g/mol. The van der Waals surface area contributed by atoms with E-state index in [1.807, 2.05) is 6.92 Å². The summed E-state index contributed by atoms with van der Waals surface area (Å²) in [7, 11) is 0. The van der Waals surface area contributed by atoms with Gasteiger partial charge in [0.05, 0.1) is 6.04 Å². The predicted octanol–water partition coefficient (Wildman–Crippen LogP) is 3.67. The third kappa shape index (κ3) is 3.00. The van der Waals surface area contributed by atoms with E-state index in [1.165, 1.54) is 12.1 Å². The van der Waals surface area contributed by atoms with Crippen molar-refractivity contribution in [3.8, 4) is 0 Å². The molecule has 1 aromatic carbocycles. The van der Waals surface area contributed by atoms with Crippen molar-refractivity contribution in [1.82, 2.24) is 0 Å². The molecule has 0 bridgehead atoms. The van der Waals surface area contributed by atoms with E-state index in [-0.39, 0.29) is 5.82 Å². The maximum atomic E-state index is 13.0. The van der Waals surface area contributed by atoms with E-state index in [0.717, 1.165) is 22.2 Å². The molecule has 1 aliphatic rings. The Kier molecular flexibility index (Phi) is 3.72. The summed E-state index contributed by atoms with van der Waals surface area (Å²) in [6.45, 7) is 6.26. The van der Waals surface area contributed by atoms with Crippen molar-refractivity contribution < 1.29 is 4.39 Å². The summed E-state index contributed by atoms with van der Waals surface area (Å²) >= 11 is 1.73. The van der Waals surface area contributed by atoms with Gasteiger partial charge in [0.15, 0.2) is 5.17 Å². The number of aliphatic imine (C=N–C) groups is 1. The van der Waals surface area contributed by atoms with Gasteiger partial charge in [-0.05, 0) is 36.6 Å². The Bertz CT molecular complexity index is 443. The average Bonchev–Trinajstić information content (AvgIpc) is 2.71. The van der Waals surface area contributed by atoms with Gasteiger partial charge in [-0.2, -0.15) is 0 Å². The van der Waals surface area contributed by atoms with Crippen molar-refractivity contribution in [1.29, 1.82) is 0 Å². The van der Waals surface area contributed by atoms with Crippen LogP contribution in [0.15, 0.2) is 23.2 Å². The molecule has 0 saturated carbocycles. The third-order valence-corrected chi connectivity index (χ3v) is 3.86. The molecule has 1 heterocycles. The highest BCUT2D eigenvalue weighted by molar-refractivity contribution is 8.14. The molecule has 0 fully saturated rings. The molecule has 0 radical (unpaired) electrons. The van der Waals surface area contributed by atoms with Crippen LogP contribution in [0.25, 0.3) is 0 Å². The highest BCUT2D eigenvalue weighted by Gasteiger charge is 2.21. The molecule has 0 amide bonds. The smallest absolute Gasteiger partial charge is 0.161 e. The summed E-state index contributed by atoms with van der Waals surface area (Å²) in [6.07, 6.45) is 0. The summed E-state index contributed by atoms with van der Waals surface area (Å²) in [5, 5.41) is 4.21. The van der Waals surface area contributed by atoms with E-state index < -0.39 is 0 Å². The molecule has 0 spiro atoms. The second-order valence-electron chi connectivity index (χ2n) is 4.64. The Balaban J connectivity index is 2.09. The van der Waals surface area contributed by atoms with Crippen LogP contribution in [-0.2, 0) is 0 Å². The van der Waals surface area contributed by atoms with Crippen molar-refractivity contribution in [2.45, 2.75) is 26.8 Å². The minimum atomic E-state index is -0.200. The Morgan fingerprint density at radius 2 is 2.24 bits per heavy atom. The second kappa shape index (κ2) is 5.08. The number of halogens is 1. The largest absolute Gasteiger partial charge is 0.335 e. The number of nitrogens with one attached hydrogen (secondary N) is 1. The lowest BCUT2D eigenvalue weighted by molar-refractivity contribution is 0.543. The summed E-state index contributed by atoms with van der Waals surface area (Å²) in [4.78, 5) is 4.62. The SMILES string of the molecule is Cc1cc(F)ccc1NC1=NC(C(C)C)CS1. The predicted molar refractivity (Wildman–Crippen MR) is 73.3 cm³/mol. The number of anilines is 1. The molecule has 1 atom stereocenters. The van der Waals surface area contributed by atoms with Gasteiger partial charge in [-0.25, -0.2) is 4.39 Å². The quantitative estimate of drug-likeness (QED) is 0.868. The lowest BCUT2D eigenvalue weighted by Gasteiger charge is -2.09. The van der Waals surface area contributed by atoms with Crippen molar-refractivity contribution in [2.75, 3.05) is 11.1 Å². The molecule has 0 aliphatic carbocycles. The minimum absolute atomic E-state index is 0.200. The van der Waals surface area contributed by atoms with Crippen LogP contribution in [-0.4, -0.2) is 17.0 Å². The Labute approximate surface area is 106 Å². The fourth-order valence-electron chi connectivity index (χ4n) is 1.68. The number of amidine groups is 1. The van der Waals surface area contributed by atoms with E-state index in [0.29, 0.717) is 12.0 Å². The topological polar surface area (TPSA) is 24.4 Å². The maximum absolute atomic E-state index is 13.0. The first kappa shape index (κ1) is 12.4. The van der Waals surface area contributed by atoms with Crippen LogP contribution in [0.2, 0.25) is 0 Å². The van der Waals surface area contributed by atoms with Gasteiger partial charge in [0.25, 0.3) is 0 Å². The molecule has 17 heavy (non-hydrogen) atoms. The van der Waals surface area contributed by atoms with Gasteiger partial charge in [0.1, 0.15) is 5.82 Å².